The fourth-order valence-electron chi connectivity index (χ4n) is 1.98. The van der Waals surface area contributed by atoms with Gasteiger partial charge in [-0.2, -0.15) is 0 Å². The zero-order chi connectivity index (χ0) is 12.7. The smallest absolute Gasteiger partial charge is 0.108 e. The van der Waals surface area contributed by atoms with Crippen LogP contribution in [0.4, 0.5) is 0 Å². The van der Waals surface area contributed by atoms with Gasteiger partial charge in [-0.15, -0.1) is 0 Å². The van der Waals surface area contributed by atoms with Gasteiger partial charge in [0.05, 0.1) is 0 Å². The minimum absolute atomic E-state index is 0.645. The van der Waals surface area contributed by atoms with Gasteiger partial charge in [0.1, 0.15) is 5.82 Å². The molecule has 1 atom stereocenters. The van der Waals surface area contributed by atoms with Crippen molar-refractivity contribution in [3.05, 3.63) is 18.2 Å². The summed E-state index contributed by atoms with van der Waals surface area (Å²) in [6.07, 6.45) is 6.24. The maximum atomic E-state index is 4.45. The molecule has 0 saturated heterocycles. The molecule has 0 aliphatic carbocycles. The number of imidazole rings is 1. The quantitative estimate of drug-likeness (QED) is 0.753. The van der Waals surface area contributed by atoms with Crippen molar-refractivity contribution in [1.29, 1.82) is 0 Å². The fraction of sp³-hybridized carbons (Fsp3) is 0.786. The van der Waals surface area contributed by atoms with Gasteiger partial charge < -0.3 is 9.88 Å². The summed E-state index contributed by atoms with van der Waals surface area (Å²) in [4.78, 5) is 4.45. The first-order valence-electron chi connectivity index (χ1n) is 6.84. The molecule has 1 N–H and O–H groups in total. The third-order valence-electron chi connectivity index (χ3n) is 2.84. The molecule has 1 rings (SSSR count). The van der Waals surface area contributed by atoms with Crippen LogP contribution in [-0.4, -0.2) is 22.6 Å². The second kappa shape index (κ2) is 7.49. The van der Waals surface area contributed by atoms with Gasteiger partial charge >= 0.3 is 0 Å². The van der Waals surface area contributed by atoms with Crippen molar-refractivity contribution < 1.29 is 0 Å². The second-order valence-electron chi connectivity index (χ2n) is 5.40. The summed E-state index contributed by atoms with van der Waals surface area (Å²) >= 11 is 0. The standard InChI is InChI=1S/C14H27N3/c1-5-7-17-8-6-16-14(17)9-13(4)11-15-10-12(2)3/h6,8,12-13,15H,5,7,9-11H2,1-4H3. The average Bonchev–Trinajstić information content (AvgIpc) is 2.66. The molecule has 0 radical (unpaired) electrons. The Balaban J connectivity index is 2.34. The molecule has 0 spiro atoms. The van der Waals surface area contributed by atoms with Gasteiger partial charge in [0.2, 0.25) is 0 Å². The first-order valence-corrected chi connectivity index (χ1v) is 6.84. The normalized spacial score (nSPS) is 13.2. The molecule has 0 aliphatic heterocycles. The van der Waals surface area contributed by atoms with E-state index in [-0.39, 0.29) is 0 Å². The Kier molecular flexibility index (Phi) is 6.27. The third kappa shape index (κ3) is 5.35. The molecule has 1 aromatic heterocycles. The molecule has 0 bridgehead atoms. The molecule has 0 fully saturated rings. The molecule has 0 aromatic carbocycles. The molecule has 3 nitrogen and oxygen atoms in total. The molecule has 1 heterocycles. The van der Waals surface area contributed by atoms with Crippen LogP contribution in [0, 0.1) is 11.8 Å². The Morgan fingerprint density at radius 1 is 1.29 bits per heavy atom. The van der Waals surface area contributed by atoms with Crippen LogP contribution in [0.25, 0.3) is 0 Å². The zero-order valence-corrected chi connectivity index (χ0v) is 11.7. The van der Waals surface area contributed by atoms with Crippen molar-refractivity contribution in [2.45, 2.75) is 47.1 Å². The van der Waals surface area contributed by atoms with Crippen molar-refractivity contribution in [3.63, 3.8) is 0 Å². The van der Waals surface area contributed by atoms with Crippen LogP contribution in [0.15, 0.2) is 12.4 Å². The highest BCUT2D eigenvalue weighted by molar-refractivity contribution is 4.93. The fourth-order valence-corrected chi connectivity index (χ4v) is 1.98. The van der Waals surface area contributed by atoms with Gasteiger partial charge in [-0.25, -0.2) is 4.98 Å². The van der Waals surface area contributed by atoms with E-state index in [2.05, 4.69) is 48.8 Å². The number of aryl methyl sites for hydroxylation is 1. The summed E-state index contributed by atoms with van der Waals surface area (Å²) in [5.41, 5.74) is 0. The van der Waals surface area contributed by atoms with E-state index in [0.29, 0.717) is 5.92 Å². The molecule has 17 heavy (non-hydrogen) atoms. The van der Waals surface area contributed by atoms with E-state index >= 15 is 0 Å². The number of nitrogens with one attached hydrogen (secondary N) is 1. The zero-order valence-electron chi connectivity index (χ0n) is 11.7. The highest BCUT2D eigenvalue weighted by atomic mass is 15.1. The van der Waals surface area contributed by atoms with Crippen molar-refractivity contribution in [2.24, 2.45) is 11.8 Å². The van der Waals surface area contributed by atoms with Crippen LogP contribution in [0.2, 0.25) is 0 Å². The Morgan fingerprint density at radius 2 is 2.06 bits per heavy atom. The minimum Gasteiger partial charge on any atom is -0.335 e. The predicted molar refractivity (Wildman–Crippen MR) is 73.1 cm³/mol. The van der Waals surface area contributed by atoms with Crippen molar-refractivity contribution in [2.75, 3.05) is 13.1 Å². The van der Waals surface area contributed by atoms with E-state index in [0.717, 1.165) is 32.0 Å². The molecule has 0 aliphatic rings. The van der Waals surface area contributed by atoms with Gasteiger partial charge in [0, 0.05) is 25.4 Å². The van der Waals surface area contributed by atoms with Gasteiger partial charge in [-0.3, -0.25) is 0 Å². The van der Waals surface area contributed by atoms with E-state index < -0.39 is 0 Å². The molecule has 0 amide bonds. The second-order valence-corrected chi connectivity index (χ2v) is 5.40. The number of nitrogens with zero attached hydrogens (tertiary/aromatic N) is 2. The summed E-state index contributed by atoms with van der Waals surface area (Å²) in [6.45, 7) is 12.2. The lowest BCUT2D eigenvalue weighted by atomic mass is 10.1. The van der Waals surface area contributed by atoms with E-state index in [1.165, 1.54) is 12.2 Å². The molecule has 98 valence electrons. The highest BCUT2D eigenvalue weighted by Crippen LogP contribution is 2.07. The Bertz CT molecular complexity index is 304. The number of hydrogen-bond acceptors (Lipinski definition) is 2. The minimum atomic E-state index is 0.645. The summed E-state index contributed by atoms with van der Waals surface area (Å²) in [5.74, 6) is 2.60. The van der Waals surface area contributed by atoms with Crippen LogP contribution in [0.3, 0.4) is 0 Å². The predicted octanol–water partition coefficient (Wildman–Crippen LogP) is 2.72. The van der Waals surface area contributed by atoms with Crippen LogP contribution >= 0.6 is 0 Å². The lowest BCUT2D eigenvalue weighted by Crippen LogP contribution is -2.26. The Morgan fingerprint density at radius 3 is 2.71 bits per heavy atom. The van der Waals surface area contributed by atoms with E-state index in [1.807, 2.05) is 6.20 Å². The molecule has 3 heteroatoms. The van der Waals surface area contributed by atoms with Gasteiger partial charge in [-0.1, -0.05) is 27.7 Å². The Hall–Kier alpha value is -0.830. The van der Waals surface area contributed by atoms with Gasteiger partial charge in [0.25, 0.3) is 0 Å². The molecular formula is C14H27N3. The molecule has 0 saturated carbocycles. The van der Waals surface area contributed by atoms with Gasteiger partial charge in [-0.05, 0) is 31.3 Å². The monoisotopic (exact) mass is 237 g/mol. The summed E-state index contributed by atoms with van der Waals surface area (Å²) in [5, 5.41) is 3.51. The largest absolute Gasteiger partial charge is 0.335 e. The molecule has 1 unspecified atom stereocenters. The maximum absolute atomic E-state index is 4.45. The highest BCUT2D eigenvalue weighted by Gasteiger charge is 2.08. The summed E-state index contributed by atoms with van der Waals surface area (Å²) in [7, 11) is 0. The molecule has 1 aromatic rings. The lowest BCUT2D eigenvalue weighted by Gasteiger charge is -2.14. The SMILES string of the molecule is CCCn1ccnc1CC(C)CNCC(C)C. The summed E-state index contributed by atoms with van der Waals surface area (Å²) in [6, 6.07) is 0. The van der Waals surface area contributed by atoms with E-state index in [4.69, 9.17) is 0 Å². The third-order valence-corrected chi connectivity index (χ3v) is 2.84. The number of hydrogen-bond donors (Lipinski definition) is 1. The first kappa shape index (κ1) is 14.2. The summed E-state index contributed by atoms with van der Waals surface area (Å²) < 4.78 is 2.28. The topological polar surface area (TPSA) is 29.9 Å². The van der Waals surface area contributed by atoms with Crippen molar-refractivity contribution >= 4 is 0 Å². The molecular weight excluding hydrogens is 210 g/mol. The van der Waals surface area contributed by atoms with E-state index in [9.17, 15) is 0 Å². The van der Waals surface area contributed by atoms with Crippen LogP contribution in [0.5, 0.6) is 0 Å². The average molecular weight is 237 g/mol. The number of rotatable bonds is 8. The van der Waals surface area contributed by atoms with Crippen LogP contribution in [-0.2, 0) is 13.0 Å². The first-order chi connectivity index (χ1) is 8.13. The van der Waals surface area contributed by atoms with E-state index in [1.54, 1.807) is 0 Å². The van der Waals surface area contributed by atoms with Crippen molar-refractivity contribution in [3.8, 4) is 0 Å². The Labute approximate surface area is 106 Å². The van der Waals surface area contributed by atoms with Crippen molar-refractivity contribution in [1.82, 2.24) is 14.9 Å². The number of aromatic nitrogens is 2. The maximum Gasteiger partial charge on any atom is 0.108 e. The van der Waals surface area contributed by atoms with Gasteiger partial charge in [0.15, 0.2) is 0 Å². The lowest BCUT2D eigenvalue weighted by molar-refractivity contribution is 0.459. The van der Waals surface area contributed by atoms with Crippen LogP contribution < -0.4 is 5.32 Å². The van der Waals surface area contributed by atoms with Crippen LogP contribution in [0.1, 0.15) is 39.9 Å².